The first-order valence-corrected chi connectivity index (χ1v) is 6.64. The first kappa shape index (κ1) is 13.1. The number of hydrogen-bond acceptors (Lipinski definition) is 4. The van der Waals surface area contributed by atoms with Crippen molar-refractivity contribution in [1.82, 2.24) is 9.97 Å². The Hall–Kier alpha value is -2.88. The van der Waals surface area contributed by atoms with Crippen LogP contribution in [0.25, 0.3) is 11.1 Å². The Bertz CT molecular complexity index is 712. The zero-order valence-electron chi connectivity index (χ0n) is 11.7. The Morgan fingerprint density at radius 3 is 2.33 bits per heavy atom. The smallest absolute Gasteiger partial charge is 0.227 e. The largest absolute Gasteiger partial charge is 0.497 e. The van der Waals surface area contributed by atoms with Gasteiger partial charge in [-0.25, -0.2) is 9.97 Å². The van der Waals surface area contributed by atoms with Crippen molar-refractivity contribution in [3.63, 3.8) is 0 Å². The van der Waals surface area contributed by atoms with Gasteiger partial charge >= 0.3 is 0 Å². The second-order valence-electron chi connectivity index (χ2n) is 4.51. The SMILES string of the molecule is COc1ccc(-c2cccc(Nc3ncccn3)c2)cc1. The molecule has 0 spiro atoms. The van der Waals surface area contributed by atoms with Crippen LogP contribution in [0.2, 0.25) is 0 Å². The Balaban J connectivity index is 1.85. The van der Waals surface area contributed by atoms with Gasteiger partial charge in [0.1, 0.15) is 5.75 Å². The molecule has 1 aromatic heterocycles. The molecule has 0 unspecified atom stereocenters. The van der Waals surface area contributed by atoms with Crippen molar-refractivity contribution in [3.8, 4) is 16.9 Å². The van der Waals surface area contributed by atoms with Gasteiger partial charge in [-0.05, 0) is 41.5 Å². The van der Waals surface area contributed by atoms with Gasteiger partial charge in [-0.15, -0.1) is 0 Å². The second kappa shape index (κ2) is 6.05. The lowest BCUT2D eigenvalue weighted by molar-refractivity contribution is 0.415. The van der Waals surface area contributed by atoms with Crippen molar-refractivity contribution < 1.29 is 4.74 Å². The van der Waals surface area contributed by atoms with E-state index in [1.54, 1.807) is 25.6 Å². The number of rotatable bonds is 4. The van der Waals surface area contributed by atoms with Gasteiger partial charge < -0.3 is 10.1 Å². The average molecular weight is 277 g/mol. The van der Waals surface area contributed by atoms with E-state index < -0.39 is 0 Å². The number of aromatic nitrogens is 2. The lowest BCUT2D eigenvalue weighted by atomic mass is 10.1. The Labute approximate surface area is 123 Å². The van der Waals surface area contributed by atoms with Gasteiger partial charge in [-0.1, -0.05) is 24.3 Å². The van der Waals surface area contributed by atoms with E-state index in [4.69, 9.17) is 4.74 Å². The van der Waals surface area contributed by atoms with E-state index in [2.05, 4.69) is 27.4 Å². The molecule has 1 N–H and O–H groups in total. The predicted molar refractivity (Wildman–Crippen MR) is 83.7 cm³/mol. The van der Waals surface area contributed by atoms with Crippen LogP contribution in [-0.4, -0.2) is 17.1 Å². The summed E-state index contributed by atoms with van der Waals surface area (Å²) in [5.74, 6) is 1.44. The van der Waals surface area contributed by atoms with E-state index in [0.29, 0.717) is 5.95 Å². The zero-order valence-corrected chi connectivity index (χ0v) is 11.7. The number of benzene rings is 2. The van der Waals surface area contributed by atoms with Crippen LogP contribution in [0.1, 0.15) is 0 Å². The lowest BCUT2D eigenvalue weighted by Gasteiger charge is -2.08. The van der Waals surface area contributed by atoms with Gasteiger partial charge in [0.05, 0.1) is 7.11 Å². The minimum Gasteiger partial charge on any atom is -0.497 e. The standard InChI is InChI=1S/C17H15N3O/c1-21-16-8-6-13(7-9-16)14-4-2-5-15(12-14)20-17-18-10-3-11-19-17/h2-12H,1H3,(H,18,19,20). The van der Waals surface area contributed by atoms with E-state index in [1.165, 1.54) is 0 Å². The quantitative estimate of drug-likeness (QED) is 0.785. The van der Waals surface area contributed by atoms with Gasteiger partial charge in [-0.3, -0.25) is 0 Å². The molecular weight excluding hydrogens is 262 g/mol. The fraction of sp³-hybridized carbons (Fsp3) is 0.0588. The summed E-state index contributed by atoms with van der Waals surface area (Å²) in [6, 6.07) is 17.9. The fourth-order valence-electron chi connectivity index (χ4n) is 2.05. The van der Waals surface area contributed by atoms with Crippen LogP contribution in [0.4, 0.5) is 11.6 Å². The summed E-state index contributed by atoms with van der Waals surface area (Å²) < 4.78 is 5.18. The molecule has 3 aromatic rings. The highest BCUT2D eigenvalue weighted by Crippen LogP contribution is 2.25. The molecule has 4 heteroatoms. The van der Waals surface area contributed by atoms with Crippen LogP contribution < -0.4 is 10.1 Å². The highest BCUT2D eigenvalue weighted by atomic mass is 16.5. The molecule has 104 valence electrons. The zero-order chi connectivity index (χ0) is 14.5. The number of hydrogen-bond donors (Lipinski definition) is 1. The molecule has 1 heterocycles. The summed E-state index contributed by atoms with van der Waals surface area (Å²) in [5.41, 5.74) is 3.21. The minimum absolute atomic E-state index is 0.587. The van der Waals surface area contributed by atoms with Crippen LogP contribution >= 0.6 is 0 Å². The number of anilines is 2. The highest BCUT2D eigenvalue weighted by Gasteiger charge is 2.01. The highest BCUT2D eigenvalue weighted by molar-refractivity contribution is 5.70. The maximum absolute atomic E-state index is 5.18. The molecule has 0 bridgehead atoms. The number of nitrogens with one attached hydrogen (secondary N) is 1. The van der Waals surface area contributed by atoms with Crippen molar-refractivity contribution in [2.75, 3.05) is 12.4 Å². The van der Waals surface area contributed by atoms with Crippen LogP contribution in [0.3, 0.4) is 0 Å². The average Bonchev–Trinajstić information content (AvgIpc) is 2.56. The molecule has 0 radical (unpaired) electrons. The van der Waals surface area contributed by atoms with Crippen LogP contribution in [0.15, 0.2) is 67.0 Å². The maximum atomic E-state index is 5.18. The van der Waals surface area contributed by atoms with E-state index in [0.717, 1.165) is 22.6 Å². The lowest BCUT2D eigenvalue weighted by Crippen LogP contribution is -1.95. The van der Waals surface area contributed by atoms with Crippen molar-refractivity contribution in [1.29, 1.82) is 0 Å². The fourth-order valence-corrected chi connectivity index (χ4v) is 2.05. The summed E-state index contributed by atoms with van der Waals surface area (Å²) in [7, 11) is 1.67. The van der Waals surface area contributed by atoms with Gasteiger partial charge in [0.25, 0.3) is 0 Å². The molecule has 21 heavy (non-hydrogen) atoms. The molecule has 0 aliphatic carbocycles. The van der Waals surface area contributed by atoms with Gasteiger partial charge in [-0.2, -0.15) is 0 Å². The third kappa shape index (κ3) is 3.17. The Morgan fingerprint density at radius 2 is 1.62 bits per heavy atom. The third-order valence-corrected chi connectivity index (χ3v) is 3.11. The van der Waals surface area contributed by atoms with E-state index in [1.807, 2.05) is 36.4 Å². The summed E-state index contributed by atoms with van der Waals surface area (Å²) in [5, 5.41) is 3.19. The van der Waals surface area contributed by atoms with Gasteiger partial charge in [0, 0.05) is 18.1 Å². The first-order chi connectivity index (χ1) is 10.3. The third-order valence-electron chi connectivity index (χ3n) is 3.11. The molecule has 4 nitrogen and oxygen atoms in total. The second-order valence-corrected chi connectivity index (χ2v) is 4.51. The molecule has 0 fully saturated rings. The molecule has 3 rings (SSSR count). The summed E-state index contributed by atoms with van der Waals surface area (Å²) in [6.45, 7) is 0. The molecule has 0 aliphatic rings. The number of ether oxygens (including phenoxy) is 1. The molecule has 0 saturated carbocycles. The van der Waals surface area contributed by atoms with E-state index in [-0.39, 0.29) is 0 Å². The Kier molecular flexibility index (Phi) is 3.78. The van der Waals surface area contributed by atoms with Crippen LogP contribution in [0, 0.1) is 0 Å². The van der Waals surface area contributed by atoms with Crippen molar-refractivity contribution in [3.05, 3.63) is 67.0 Å². The predicted octanol–water partition coefficient (Wildman–Crippen LogP) is 3.90. The molecule has 0 aliphatic heterocycles. The van der Waals surface area contributed by atoms with E-state index >= 15 is 0 Å². The van der Waals surface area contributed by atoms with Crippen molar-refractivity contribution in [2.24, 2.45) is 0 Å². The van der Waals surface area contributed by atoms with Gasteiger partial charge in [0.15, 0.2) is 0 Å². The molecule has 0 amide bonds. The van der Waals surface area contributed by atoms with Crippen molar-refractivity contribution >= 4 is 11.6 Å². The first-order valence-electron chi connectivity index (χ1n) is 6.64. The normalized spacial score (nSPS) is 10.1. The Morgan fingerprint density at radius 1 is 0.857 bits per heavy atom. The minimum atomic E-state index is 0.587. The van der Waals surface area contributed by atoms with Crippen LogP contribution in [0.5, 0.6) is 5.75 Å². The number of nitrogens with zero attached hydrogens (tertiary/aromatic N) is 2. The van der Waals surface area contributed by atoms with Crippen LogP contribution in [-0.2, 0) is 0 Å². The molecule has 0 atom stereocenters. The molecule has 2 aromatic carbocycles. The molecular formula is C17H15N3O. The summed E-state index contributed by atoms with van der Waals surface area (Å²) in [6.07, 6.45) is 3.42. The van der Waals surface area contributed by atoms with Crippen molar-refractivity contribution in [2.45, 2.75) is 0 Å². The van der Waals surface area contributed by atoms with E-state index in [9.17, 15) is 0 Å². The monoisotopic (exact) mass is 277 g/mol. The summed E-state index contributed by atoms with van der Waals surface area (Å²) in [4.78, 5) is 8.32. The maximum Gasteiger partial charge on any atom is 0.227 e. The number of methoxy groups -OCH3 is 1. The summed E-state index contributed by atoms with van der Waals surface area (Å²) >= 11 is 0. The van der Waals surface area contributed by atoms with Gasteiger partial charge in [0.2, 0.25) is 5.95 Å². The molecule has 0 saturated heterocycles. The topological polar surface area (TPSA) is 47.0 Å².